The van der Waals surface area contributed by atoms with Crippen molar-refractivity contribution in [2.24, 2.45) is 0 Å². The lowest BCUT2D eigenvalue weighted by Gasteiger charge is -2.11. The summed E-state index contributed by atoms with van der Waals surface area (Å²) in [5, 5.41) is 5.97. The minimum Gasteiger partial charge on any atom is -0.493 e. The summed E-state index contributed by atoms with van der Waals surface area (Å²) in [6.07, 6.45) is 3.19. The molecule has 3 aromatic carbocycles. The van der Waals surface area contributed by atoms with Crippen LogP contribution in [-0.2, 0) is 11.4 Å². The molecule has 0 radical (unpaired) electrons. The van der Waals surface area contributed by atoms with Crippen LogP contribution in [0.4, 0.5) is 5.13 Å². The average Bonchev–Trinajstić information content (AvgIpc) is 3.31. The Labute approximate surface area is 207 Å². The van der Waals surface area contributed by atoms with Crippen LogP contribution in [0.2, 0.25) is 5.02 Å². The lowest BCUT2D eigenvalue weighted by molar-refractivity contribution is -0.111. The Morgan fingerprint density at radius 3 is 2.56 bits per heavy atom. The van der Waals surface area contributed by atoms with Gasteiger partial charge in [-0.25, -0.2) is 4.98 Å². The van der Waals surface area contributed by atoms with E-state index >= 15 is 0 Å². The zero-order chi connectivity index (χ0) is 23.9. The van der Waals surface area contributed by atoms with E-state index < -0.39 is 0 Å². The first-order valence-corrected chi connectivity index (χ1v) is 11.8. The number of thiazole rings is 1. The van der Waals surface area contributed by atoms with Crippen molar-refractivity contribution in [3.63, 3.8) is 0 Å². The van der Waals surface area contributed by atoms with Gasteiger partial charge in [-0.15, -0.1) is 11.3 Å². The molecule has 0 atom stereocenters. The SMILES string of the molecule is COc1cc(C=CC(=O)Nc2nc(-c3ccc(C)cc3)cs2)ccc1OCc1ccc(Cl)cc1. The van der Waals surface area contributed by atoms with Crippen molar-refractivity contribution >= 4 is 40.1 Å². The molecule has 0 fully saturated rings. The summed E-state index contributed by atoms with van der Waals surface area (Å²) in [6, 6.07) is 21.1. The van der Waals surface area contributed by atoms with Crippen LogP contribution in [0.15, 0.2) is 78.2 Å². The molecule has 4 rings (SSSR count). The van der Waals surface area contributed by atoms with Crippen LogP contribution in [0.1, 0.15) is 16.7 Å². The number of anilines is 1. The summed E-state index contributed by atoms with van der Waals surface area (Å²) in [6.45, 7) is 2.43. The number of methoxy groups -OCH3 is 1. The van der Waals surface area contributed by atoms with E-state index in [0.29, 0.717) is 28.3 Å². The van der Waals surface area contributed by atoms with E-state index in [1.54, 1.807) is 13.2 Å². The monoisotopic (exact) mass is 490 g/mol. The van der Waals surface area contributed by atoms with Crippen molar-refractivity contribution in [3.8, 4) is 22.8 Å². The van der Waals surface area contributed by atoms with Crippen LogP contribution in [0.25, 0.3) is 17.3 Å². The summed E-state index contributed by atoms with van der Waals surface area (Å²) in [5.41, 5.74) is 4.85. The van der Waals surface area contributed by atoms with E-state index in [0.717, 1.165) is 22.4 Å². The third-order valence-corrected chi connectivity index (χ3v) is 6.01. The predicted molar refractivity (Wildman–Crippen MR) is 139 cm³/mol. The van der Waals surface area contributed by atoms with Crippen LogP contribution in [0, 0.1) is 6.92 Å². The van der Waals surface area contributed by atoms with E-state index in [1.165, 1.54) is 23.0 Å². The molecule has 1 aromatic heterocycles. The Morgan fingerprint density at radius 2 is 1.82 bits per heavy atom. The van der Waals surface area contributed by atoms with Gasteiger partial charge in [-0.05, 0) is 48.4 Å². The standard InChI is InChI=1S/C27H23ClN2O3S/c1-18-3-9-21(10-4-18)23-17-34-27(29-23)30-26(31)14-8-19-7-13-24(25(15-19)32-2)33-16-20-5-11-22(28)12-6-20/h3-15,17H,16H2,1-2H3,(H,29,30,31). The summed E-state index contributed by atoms with van der Waals surface area (Å²) < 4.78 is 11.3. The molecule has 1 N–H and O–H groups in total. The summed E-state index contributed by atoms with van der Waals surface area (Å²) in [5.74, 6) is 0.941. The minimum atomic E-state index is -0.258. The quantitative estimate of drug-likeness (QED) is 0.270. The first-order chi connectivity index (χ1) is 16.5. The van der Waals surface area contributed by atoms with Gasteiger partial charge < -0.3 is 9.47 Å². The number of rotatable bonds is 8. The van der Waals surface area contributed by atoms with Crippen LogP contribution in [0.3, 0.4) is 0 Å². The first kappa shape index (κ1) is 23.5. The van der Waals surface area contributed by atoms with Crippen LogP contribution in [-0.4, -0.2) is 18.0 Å². The maximum absolute atomic E-state index is 12.4. The highest BCUT2D eigenvalue weighted by atomic mass is 35.5. The lowest BCUT2D eigenvalue weighted by atomic mass is 10.1. The van der Waals surface area contributed by atoms with Crippen molar-refractivity contribution in [1.29, 1.82) is 0 Å². The van der Waals surface area contributed by atoms with E-state index in [9.17, 15) is 4.79 Å². The number of carbonyl (C=O) groups is 1. The van der Waals surface area contributed by atoms with Gasteiger partial charge in [0.05, 0.1) is 12.8 Å². The fourth-order valence-electron chi connectivity index (χ4n) is 3.16. The number of aromatic nitrogens is 1. The zero-order valence-electron chi connectivity index (χ0n) is 18.7. The Balaban J connectivity index is 1.36. The molecular weight excluding hydrogens is 468 g/mol. The van der Waals surface area contributed by atoms with Gasteiger partial charge in [0.1, 0.15) is 6.61 Å². The van der Waals surface area contributed by atoms with E-state index in [1.807, 2.05) is 79.0 Å². The molecule has 0 saturated heterocycles. The van der Waals surface area contributed by atoms with Gasteiger partial charge in [-0.2, -0.15) is 0 Å². The average molecular weight is 491 g/mol. The maximum Gasteiger partial charge on any atom is 0.250 e. The Hall–Kier alpha value is -3.61. The third kappa shape index (κ3) is 6.25. The molecule has 0 saturated carbocycles. The van der Waals surface area contributed by atoms with E-state index in [-0.39, 0.29) is 5.91 Å². The number of ether oxygens (including phenoxy) is 2. The molecule has 1 amide bonds. The molecule has 4 aromatic rings. The summed E-state index contributed by atoms with van der Waals surface area (Å²) in [4.78, 5) is 16.9. The molecule has 7 heteroatoms. The number of halogens is 1. The van der Waals surface area contributed by atoms with Crippen LogP contribution >= 0.6 is 22.9 Å². The third-order valence-electron chi connectivity index (χ3n) is 5.00. The number of carbonyl (C=O) groups excluding carboxylic acids is 1. The van der Waals surface area contributed by atoms with Crippen LogP contribution in [0.5, 0.6) is 11.5 Å². The number of nitrogens with one attached hydrogen (secondary N) is 1. The number of hydrogen-bond donors (Lipinski definition) is 1. The normalized spacial score (nSPS) is 10.9. The van der Waals surface area contributed by atoms with Gasteiger partial charge >= 0.3 is 0 Å². The Bertz CT molecular complexity index is 1300. The molecular formula is C27H23ClN2O3S. The number of hydrogen-bond acceptors (Lipinski definition) is 5. The van der Waals surface area contributed by atoms with Crippen LogP contribution < -0.4 is 14.8 Å². The highest BCUT2D eigenvalue weighted by Gasteiger charge is 2.08. The molecule has 1 heterocycles. The molecule has 172 valence electrons. The molecule has 0 bridgehead atoms. The molecule has 0 spiro atoms. The number of amides is 1. The molecule has 0 aliphatic carbocycles. The smallest absolute Gasteiger partial charge is 0.250 e. The van der Waals surface area contributed by atoms with Crippen molar-refractivity contribution in [1.82, 2.24) is 4.98 Å². The molecule has 0 unspecified atom stereocenters. The fourth-order valence-corrected chi connectivity index (χ4v) is 4.00. The second-order valence-corrected chi connectivity index (χ2v) is 8.85. The number of nitrogens with zero attached hydrogens (tertiary/aromatic N) is 1. The molecule has 34 heavy (non-hydrogen) atoms. The largest absolute Gasteiger partial charge is 0.493 e. The predicted octanol–water partition coefficient (Wildman–Crippen LogP) is 7.01. The zero-order valence-corrected chi connectivity index (χ0v) is 20.3. The minimum absolute atomic E-state index is 0.258. The maximum atomic E-state index is 12.4. The van der Waals surface area contributed by atoms with Gasteiger partial charge in [0, 0.05) is 22.0 Å². The van der Waals surface area contributed by atoms with Crippen molar-refractivity contribution in [2.75, 3.05) is 12.4 Å². The summed E-state index contributed by atoms with van der Waals surface area (Å²) >= 11 is 7.31. The second kappa shape index (κ2) is 11.0. The van der Waals surface area contributed by atoms with Gasteiger partial charge in [-0.1, -0.05) is 59.6 Å². The highest BCUT2D eigenvalue weighted by molar-refractivity contribution is 7.14. The van der Waals surface area contributed by atoms with Gasteiger partial charge in [0.15, 0.2) is 16.6 Å². The van der Waals surface area contributed by atoms with Gasteiger partial charge in [-0.3, -0.25) is 10.1 Å². The van der Waals surface area contributed by atoms with E-state index in [2.05, 4.69) is 10.3 Å². The highest BCUT2D eigenvalue weighted by Crippen LogP contribution is 2.30. The topological polar surface area (TPSA) is 60.5 Å². The first-order valence-electron chi connectivity index (χ1n) is 10.6. The molecule has 5 nitrogen and oxygen atoms in total. The Morgan fingerprint density at radius 1 is 1.06 bits per heavy atom. The Kier molecular flexibility index (Phi) is 7.62. The van der Waals surface area contributed by atoms with E-state index in [4.69, 9.17) is 21.1 Å². The van der Waals surface area contributed by atoms with Gasteiger partial charge in [0.2, 0.25) is 5.91 Å². The van der Waals surface area contributed by atoms with Gasteiger partial charge in [0.25, 0.3) is 0 Å². The lowest BCUT2D eigenvalue weighted by Crippen LogP contribution is -2.07. The summed E-state index contributed by atoms with van der Waals surface area (Å²) in [7, 11) is 1.58. The van der Waals surface area contributed by atoms with Crippen molar-refractivity contribution < 1.29 is 14.3 Å². The van der Waals surface area contributed by atoms with Crippen molar-refractivity contribution in [3.05, 3.63) is 99.9 Å². The fraction of sp³-hybridized carbons (Fsp3) is 0.111. The molecule has 0 aliphatic rings. The number of benzene rings is 3. The number of aryl methyl sites for hydroxylation is 1. The second-order valence-electron chi connectivity index (χ2n) is 7.55. The molecule has 0 aliphatic heterocycles. The van der Waals surface area contributed by atoms with Crippen molar-refractivity contribution in [2.45, 2.75) is 13.5 Å².